The van der Waals surface area contributed by atoms with E-state index < -0.39 is 5.91 Å². The Bertz CT molecular complexity index is 737. The van der Waals surface area contributed by atoms with Crippen LogP contribution in [0, 0.1) is 0 Å². The topological polar surface area (TPSA) is 78.7 Å². The number of carbonyl (C=O) groups is 2. The molecule has 26 heavy (non-hydrogen) atoms. The van der Waals surface area contributed by atoms with Crippen molar-refractivity contribution in [3.63, 3.8) is 0 Å². The molecule has 2 amide bonds. The zero-order valence-corrected chi connectivity index (χ0v) is 15.7. The van der Waals surface area contributed by atoms with Crippen molar-refractivity contribution < 1.29 is 9.59 Å². The Morgan fingerprint density at radius 3 is 2.42 bits per heavy atom. The van der Waals surface area contributed by atoms with Crippen LogP contribution in [0.5, 0.6) is 0 Å². The molecule has 1 aromatic heterocycles. The van der Waals surface area contributed by atoms with E-state index in [2.05, 4.69) is 32.6 Å². The van der Waals surface area contributed by atoms with Gasteiger partial charge in [0.1, 0.15) is 0 Å². The van der Waals surface area contributed by atoms with Crippen LogP contribution >= 0.6 is 11.3 Å². The van der Waals surface area contributed by atoms with Crippen molar-refractivity contribution in [3.8, 4) is 0 Å². The third-order valence-corrected chi connectivity index (χ3v) is 5.59. The molecule has 2 aromatic rings. The first-order valence-electron chi connectivity index (χ1n) is 8.72. The number of benzene rings is 1. The van der Waals surface area contributed by atoms with E-state index in [0.717, 1.165) is 32.7 Å². The minimum Gasteiger partial charge on any atom is -0.366 e. The highest BCUT2D eigenvalue weighted by molar-refractivity contribution is 7.09. The lowest BCUT2D eigenvalue weighted by Crippen LogP contribution is -2.52. The summed E-state index contributed by atoms with van der Waals surface area (Å²) in [6.07, 6.45) is 0. The predicted octanol–water partition coefficient (Wildman–Crippen LogP) is 1.99. The largest absolute Gasteiger partial charge is 0.366 e. The van der Waals surface area contributed by atoms with Gasteiger partial charge in [-0.25, -0.2) is 0 Å². The molecule has 3 rings (SSSR count). The average molecular weight is 372 g/mol. The summed E-state index contributed by atoms with van der Waals surface area (Å²) < 4.78 is 0. The first-order chi connectivity index (χ1) is 12.5. The summed E-state index contributed by atoms with van der Waals surface area (Å²) in [7, 11) is 0. The van der Waals surface area contributed by atoms with Gasteiger partial charge in [0, 0.05) is 48.9 Å². The molecule has 0 spiro atoms. The van der Waals surface area contributed by atoms with Crippen molar-refractivity contribution in [1.82, 2.24) is 9.80 Å². The quantitative estimate of drug-likeness (QED) is 0.813. The highest BCUT2D eigenvalue weighted by Crippen LogP contribution is 2.16. The third-order valence-electron chi connectivity index (χ3n) is 4.73. The summed E-state index contributed by atoms with van der Waals surface area (Å²) in [6.45, 7) is 6.59. The first-order valence-corrected chi connectivity index (χ1v) is 9.60. The maximum absolute atomic E-state index is 12.5. The van der Waals surface area contributed by atoms with E-state index in [-0.39, 0.29) is 11.9 Å². The fourth-order valence-corrected chi connectivity index (χ4v) is 3.81. The van der Waals surface area contributed by atoms with Gasteiger partial charge in [-0.3, -0.25) is 19.4 Å². The number of anilines is 1. The molecule has 1 atom stereocenters. The summed E-state index contributed by atoms with van der Waals surface area (Å²) in [5, 5.41) is 5.01. The highest BCUT2D eigenvalue weighted by atomic mass is 32.1. The number of primary amides is 1. The predicted molar refractivity (Wildman–Crippen MR) is 104 cm³/mol. The molecule has 0 unspecified atom stereocenters. The lowest BCUT2D eigenvalue weighted by Gasteiger charge is -2.37. The molecule has 3 N–H and O–H groups in total. The number of nitrogens with one attached hydrogen (secondary N) is 1. The van der Waals surface area contributed by atoms with Crippen molar-refractivity contribution in [2.45, 2.75) is 19.5 Å². The molecule has 0 radical (unpaired) electrons. The number of rotatable bonds is 6. The molecule has 138 valence electrons. The summed E-state index contributed by atoms with van der Waals surface area (Å²) in [5.74, 6) is -0.514. The molecule has 1 aliphatic rings. The average Bonchev–Trinajstić information content (AvgIpc) is 3.15. The van der Waals surface area contributed by atoms with Crippen molar-refractivity contribution in [2.75, 3.05) is 31.5 Å². The Balaban J connectivity index is 1.48. The third kappa shape index (κ3) is 4.69. The Labute approximate surface area is 157 Å². The molecule has 2 heterocycles. The molecule has 1 saturated heterocycles. The van der Waals surface area contributed by atoms with Crippen molar-refractivity contribution >= 4 is 28.8 Å². The van der Waals surface area contributed by atoms with E-state index in [9.17, 15) is 9.59 Å². The van der Waals surface area contributed by atoms with E-state index in [1.165, 1.54) is 4.88 Å². The standard InChI is InChI=1S/C19H24N4O2S/c1-14(19(25)21-16-6-4-15(5-7-16)18(20)24)23-10-8-22(9-11-23)13-17-3-2-12-26-17/h2-7,12,14H,8-11,13H2,1H3,(H2,20,24)(H,21,25)/t14-/m0/s1. The number of nitrogens with two attached hydrogens (primary N) is 1. The van der Waals surface area contributed by atoms with Gasteiger partial charge in [-0.1, -0.05) is 6.07 Å². The maximum Gasteiger partial charge on any atom is 0.248 e. The highest BCUT2D eigenvalue weighted by Gasteiger charge is 2.25. The number of amides is 2. The normalized spacial score (nSPS) is 17.0. The van der Waals surface area contributed by atoms with Gasteiger partial charge >= 0.3 is 0 Å². The summed E-state index contributed by atoms with van der Waals surface area (Å²) >= 11 is 1.78. The summed E-state index contributed by atoms with van der Waals surface area (Å²) in [6, 6.07) is 10.7. The molecule has 1 aromatic carbocycles. The number of nitrogens with zero attached hydrogens (tertiary/aromatic N) is 2. The van der Waals surface area contributed by atoms with E-state index in [0.29, 0.717) is 11.3 Å². The van der Waals surface area contributed by atoms with E-state index in [1.54, 1.807) is 35.6 Å². The zero-order chi connectivity index (χ0) is 18.5. The zero-order valence-electron chi connectivity index (χ0n) is 14.9. The molecule has 0 saturated carbocycles. The van der Waals surface area contributed by atoms with Gasteiger partial charge in [-0.2, -0.15) is 0 Å². The number of thiophene rings is 1. The number of hydrogen-bond acceptors (Lipinski definition) is 5. The number of piperazine rings is 1. The van der Waals surface area contributed by atoms with Gasteiger partial charge in [-0.15, -0.1) is 11.3 Å². The number of hydrogen-bond donors (Lipinski definition) is 2. The van der Waals surface area contributed by atoms with Gasteiger partial charge in [-0.05, 0) is 42.6 Å². The molecular weight excluding hydrogens is 348 g/mol. The van der Waals surface area contributed by atoms with Crippen LogP contribution in [0.3, 0.4) is 0 Å². The van der Waals surface area contributed by atoms with E-state index in [1.807, 2.05) is 6.92 Å². The molecule has 1 aliphatic heterocycles. The van der Waals surface area contributed by atoms with Crippen LogP contribution in [-0.4, -0.2) is 53.8 Å². The second kappa shape index (κ2) is 8.44. The van der Waals surface area contributed by atoms with E-state index >= 15 is 0 Å². The van der Waals surface area contributed by atoms with Crippen LogP contribution < -0.4 is 11.1 Å². The van der Waals surface area contributed by atoms with Gasteiger partial charge in [0.15, 0.2) is 0 Å². The van der Waals surface area contributed by atoms with Gasteiger partial charge < -0.3 is 11.1 Å². The Hall–Kier alpha value is -2.22. The second-order valence-electron chi connectivity index (χ2n) is 6.50. The smallest absolute Gasteiger partial charge is 0.248 e. The SMILES string of the molecule is C[C@@H](C(=O)Nc1ccc(C(N)=O)cc1)N1CCN(Cc2cccs2)CC1. The molecular formula is C19H24N4O2S. The van der Waals surface area contributed by atoms with E-state index in [4.69, 9.17) is 5.73 Å². The Morgan fingerprint density at radius 1 is 1.15 bits per heavy atom. The Kier molecular flexibility index (Phi) is 6.03. The van der Waals surface area contributed by atoms with Crippen LogP contribution in [0.15, 0.2) is 41.8 Å². The fourth-order valence-electron chi connectivity index (χ4n) is 3.06. The van der Waals surface area contributed by atoms with Crippen LogP contribution in [0.1, 0.15) is 22.2 Å². The number of carbonyl (C=O) groups excluding carboxylic acids is 2. The van der Waals surface area contributed by atoms with Crippen molar-refractivity contribution in [2.24, 2.45) is 5.73 Å². The minimum atomic E-state index is -0.475. The minimum absolute atomic E-state index is 0.0384. The Morgan fingerprint density at radius 2 is 1.85 bits per heavy atom. The summed E-state index contributed by atoms with van der Waals surface area (Å²) in [5.41, 5.74) is 6.33. The van der Waals surface area contributed by atoms with Gasteiger partial charge in [0.25, 0.3) is 0 Å². The van der Waals surface area contributed by atoms with Gasteiger partial charge in [0.05, 0.1) is 6.04 Å². The lowest BCUT2D eigenvalue weighted by molar-refractivity contribution is -0.121. The molecule has 0 bridgehead atoms. The lowest BCUT2D eigenvalue weighted by atomic mass is 10.1. The molecule has 6 nitrogen and oxygen atoms in total. The maximum atomic E-state index is 12.5. The van der Waals surface area contributed by atoms with Crippen LogP contribution in [-0.2, 0) is 11.3 Å². The van der Waals surface area contributed by atoms with Crippen LogP contribution in [0.25, 0.3) is 0 Å². The monoisotopic (exact) mass is 372 g/mol. The molecule has 0 aliphatic carbocycles. The summed E-state index contributed by atoms with van der Waals surface area (Å²) in [4.78, 5) is 29.6. The van der Waals surface area contributed by atoms with Gasteiger partial charge in [0.2, 0.25) is 11.8 Å². The second-order valence-corrected chi connectivity index (χ2v) is 7.53. The van der Waals surface area contributed by atoms with Crippen molar-refractivity contribution in [1.29, 1.82) is 0 Å². The fraction of sp³-hybridized carbons (Fsp3) is 0.368. The molecule has 7 heteroatoms. The van der Waals surface area contributed by atoms with Crippen LogP contribution in [0.4, 0.5) is 5.69 Å². The first kappa shape index (κ1) is 18.6. The van der Waals surface area contributed by atoms with Crippen molar-refractivity contribution in [3.05, 3.63) is 52.2 Å². The molecule has 1 fully saturated rings. The van der Waals surface area contributed by atoms with Crippen LogP contribution in [0.2, 0.25) is 0 Å².